The number of hydrogen-bond donors (Lipinski definition) is 3. The smallest absolute Gasteiger partial charge is 0.261 e. The second-order valence-corrected chi connectivity index (χ2v) is 7.98. The van der Waals surface area contributed by atoms with Crippen molar-refractivity contribution in [2.75, 3.05) is 10.6 Å². The normalized spacial score (nSPS) is 19.1. The van der Waals surface area contributed by atoms with Crippen molar-refractivity contribution >= 4 is 40.5 Å². The van der Waals surface area contributed by atoms with Crippen LogP contribution in [0.3, 0.4) is 0 Å². The van der Waals surface area contributed by atoms with Gasteiger partial charge in [0.05, 0.1) is 17.8 Å². The van der Waals surface area contributed by atoms with Crippen LogP contribution < -0.4 is 10.6 Å². The van der Waals surface area contributed by atoms with Gasteiger partial charge in [-0.1, -0.05) is 48.2 Å². The highest BCUT2D eigenvalue weighted by Gasteiger charge is 2.46. The monoisotopic (exact) mass is 388 g/mol. The fourth-order valence-corrected chi connectivity index (χ4v) is 4.59. The minimum Gasteiger partial charge on any atom is -0.375 e. The quantitative estimate of drug-likeness (QED) is 0.456. The van der Waals surface area contributed by atoms with Crippen LogP contribution in [0.2, 0.25) is 0 Å². The van der Waals surface area contributed by atoms with Crippen molar-refractivity contribution in [3.05, 3.63) is 77.9 Å². The highest BCUT2D eigenvalue weighted by atomic mass is 32.2. The van der Waals surface area contributed by atoms with Crippen LogP contribution >= 0.6 is 11.8 Å². The summed E-state index contributed by atoms with van der Waals surface area (Å²) < 4.78 is 0. The van der Waals surface area contributed by atoms with Crippen molar-refractivity contribution < 1.29 is 14.7 Å². The van der Waals surface area contributed by atoms with Crippen molar-refractivity contribution in [1.82, 2.24) is 0 Å². The number of nitrogens with one attached hydrogen (secondary N) is 2. The van der Waals surface area contributed by atoms with Gasteiger partial charge in [-0.15, -0.1) is 0 Å². The van der Waals surface area contributed by atoms with Crippen molar-refractivity contribution in [2.24, 2.45) is 0 Å². The van der Waals surface area contributed by atoms with Gasteiger partial charge >= 0.3 is 0 Å². The van der Waals surface area contributed by atoms with Gasteiger partial charge < -0.3 is 15.7 Å². The molecule has 0 aromatic heterocycles. The van der Waals surface area contributed by atoms with E-state index in [0.717, 1.165) is 21.2 Å². The summed E-state index contributed by atoms with van der Waals surface area (Å²) in [6, 6.07) is 20.3. The molecule has 138 valence electrons. The van der Waals surface area contributed by atoms with E-state index in [1.807, 2.05) is 30.3 Å². The summed E-state index contributed by atoms with van der Waals surface area (Å²) in [7, 11) is 0. The SMILES string of the molecule is O=C(CC1(O)C(=O)Nc2ccccc21)c1ccc2c(c1)Nc1ccccc1S2. The number of benzene rings is 3. The molecule has 5 nitrogen and oxygen atoms in total. The molecule has 3 N–H and O–H groups in total. The van der Waals surface area contributed by atoms with Gasteiger partial charge in [0, 0.05) is 26.6 Å². The molecule has 0 saturated heterocycles. The van der Waals surface area contributed by atoms with E-state index >= 15 is 0 Å². The van der Waals surface area contributed by atoms with Gasteiger partial charge in [-0.05, 0) is 30.3 Å². The summed E-state index contributed by atoms with van der Waals surface area (Å²) in [5.74, 6) is -0.856. The molecule has 2 heterocycles. The van der Waals surface area contributed by atoms with Crippen LogP contribution in [0.15, 0.2) is 76.5 Å². The number of para-hydroxylation sites is 2. The van der Waals surface area contributed by atoms with Gasteiger partial charge in [0.15, 0.2) is 11.4 Å². The summed E-state index contributed by atoms with van der Waals surface area (Å²) in [5, 5.41) is 17.0. The number of rotatable bonds is 3. The third-order valence-electron chi connectivity index (χ3n) is 5.09. The molecule has 2 aliphatic heterocycles. The first-order valence-electron chi connectivity index (χ1n) is 8.89. The molecule has 0 radical (unpaired) electrons. The molecule has 0 saturated carbocycles. The Morgan fingerprint density at radius 1 is 0.893 bits per heavy atom. The summed E-state index contributed by atoms with van der Waals surface area (Å²) in [5.41, 5.74) is 1.43. The fraction of sp³-hybridized carbons (Fsp3) is 0.0909. The molecule has 1 amide bonds. The zero-order chi connectivity index (χ0) is 19.3. The minimum absolute atomic E-state index is 0.289. The van der Waals surface area contributed by atoms with Gasteiger partial charge in [-0.25, -0.2) is 0 Å². The molecule has 6 heteroatoms. The van der Waals surface area contributed by atoms with Crippen molar-refractivity contribution in [3.63, 3.8) is 0 Å². The Morgan fingerprint density at radius 2 is 1.61 bits per heavy atom. The van der Waals surface area contributed by atoms with E-state index in [2.05, 4.69) is 10.6 Å². The number of fused-ring (bicyclic) bond motifs is 3. The molecule has 2 aliphatic rings. The number of amides is 1. The number of ketones is 1. The maximum absolute atomic E-state index is 12.9. The van der Waals surface area contributed by atoms with Crippen LogP contribution in [0, 0.1) is 0 Å². The Bertz CT molecular complexity index is 1140. The van der Waals surface area contributed by atoms with E-state index in [0.29, 0.717) is 16.8 Å². The van der Waals surface area contributed by atoms with Crippen LogP contribution in [0.4, 0.5) is 17.1 Å². The molecule has 1 atom stereocenters. The van der Waals surface area contributed by atoms with Crippen LogP contribution in [0.5, 0.6) is 0 Å². The molecular formula is C22H16N2O3S. The van der Waals surface area contributed by atoms with E-state index in [-0.39, 0.29) is 12.2 Å². The molecule has 0 spiro atoms. The van der Waals surface area contributed by atoms with Crippen LogP contribution in [0.25, 0.3) is 0 Å². The van der Waals surface area contributed by atoms with Gasteiger partial charge in [-0.3, -0.25) is 9.59 Å². The molecule has 0 fully saturated rings. The zero-order valence-corrected chi connectivity index (χ0v) is 15.5. The summed E-state index contributed by atoms with van der Waals surface area (Å²) in [6.45, 7) is 0. The third-order valence-corrected chi connectivity index (χ3v) is 6.24. The average Bonchev–Trinajstić information content (AvgIpc) is 2.96. The van der Waals surface area contributed by atoms with E-state index in [1.165, 1.54) is 0 Å². The van der Waals surface area contributed by atoms with Crippen molar-refractivity contribution in [1.29, 1.82) is 0 Å². The first kappa shape index (κ1) is 17.0. The van der Waals surface area contributed by atoms with Gasteiger partial charge in [0.2, 0.25) is 0 Å². The molecule has 0 aliphatic carbocycles. The zero-order valence-electron chi connectivity index (χ0n) is 14.7. The van der Waals surface area contributed by atoms with E-state index in [1.54, 1.807) is 48.2 Å². The van der Waals surface area contributed by atoms with Crippen LogP contribution in [0.1, 0.15) is 22.3 Å². The third kappa shape index (κ3) is 2.61. The molecule has 0 bridgehead atoms. The largest absolute Gasteiger partial charge is 0.375 e. The highest BCUT2D eigenvalue weighted by Crippen LogP contribution is 2.44. The second-order valence-electron chi connectivity index (χ2n) is 6.89. The van der Waals surface area contributed by atoms with Gasteiger partial charge in [0.25, 0.3) is 5.91 Å². The minimum atomic E-state index is -1.85. The Hall–Kier alpha value is -3.09. The number of anilines is 3. The number of Topliss-reactive ketones (excluding diaryl/α,β-unsaturated/α-hetero) is 1. The number of aliphatic hydroxyl groups is 1. The summed E-state index contributed by atoms with van der Waals surface area (Å²) in [4.78, 5) is 27.4. The molecule has 28 heavy (non-hydrogen) atoms. The van der Waals surface area contributed by atoms with E-state index in [9.17, 15) is 14.7 Å². The van der Waals surface area contributed by atoms with Crippen molar-refractivity contribution in [2.45, 2.75) is 21.8 Å². The Balaban J connectivity index is 1.44. The summed E-state index contributed by atoms with van der Waals surface area (Å²) in [6.07, 6.45) is -0.307. The molecule has 1 unspecified atom stereocenters. The first-order valence-corrected chi connectivity index (χ1v) is 9.71. The van der Waals surface area contributed by atoms with Crippen LogP contribution in [-0.4, -0.2) is 16.8 Å². The molecule has 3 aromatic carbocycles. The summed E-state index contributed by atoms with van der Waals surface area (Å²) >= 11 is 1.64. The first-order chi connectivity index (χ1) is 13.5. The van der Waals surface area contributed by atoms with Gasteiger partial charge in [0.1, 0.15) is 0 Å². The van der Waals surface area contributed by atoms with Gasteiger partial charge in [-0.2, -0.15) is 0 Å². The predicted octanol–water partition coefficient (Wildman–Crippen LogP) is 4.31. The lowest BCUT2D eigenvalue weighted by molar-refractivity contribution is -0.133. The topological polar surface area (TPSA) is 78.4 Å². The number of carbonyl (C=O) groups excluding carboxylic acids is 2. The maximum atomic E-state index is 12.9. The van der Waals surface area contributed by atoms with E-state index in [4.69, 9.17) is 0 Å². The second kappa shape index (κ2) is 6.22. The average molecular weight is 388 g/mol. The fourth-order valence-electron chi connectivity index (χ4n) is 3.62. The Kier molecular flexibility index (Phi) is 3.79. The predicted molar refractivity (Wildman–Crippen MR) is 108 cm³/mol. The molecular weight excluding hydrogens is 372 g/mol. The standard InChI is InChI=1S/C22H16N2O3S/c25-18(12-22(27)14-5-1-2-6-15(14)24-21(22)26)13-9-10-20-17(11-13)23-16-7-3-4-8-19(16)28-20/h1-11,23,27H,12H2,(H,24,26). The Morgan fingerprint density at radius 3 is 2.46 bits per heavy atom. The lowest BCUT2D eigenvalue weighted by Crippen LogP contribution is -2.36. The number of carbonyl (C=O) groups is 2. The Labute approximate surface area is 165 Å². The van der Waals surface area contributed by atoms with E-state index < -0.39 is 11.5 Å². The van der Waals surface area contributed by atoms with Crippen LogP contribution in [-0.2, 0) is 10.4 Å². The molecule has 3 aromatic rings. The maximum Gasteiger partial charge on any atom is 0.261 e. The number of hydrogen-bond acceptors (Lipinski definition) is 5. The lowest BCUT2D eigenvalue weighted by atomic mass is 9.88. The van der Waals surface area contributed by atoms with Crippen molar-refractivity contribution in [3.8, 4) is 0 Å². The lowest BCUT2D eigenvalue weighted by Gasteiger charge is -2.22. The molecule has 5 rings (SSSR count). The highest BCUT2D eigenvalue weighted by molar-refractivity contribution is 7.99.